The van der Waals surface area contributed by atoms with Crippen LogP contribution in [0.25, 0.3) is 0 Å². The minimum atomic E-state index is -0.278. The van der Waals surface area contributed by atoms with Crippen LogP contribution in [0.5, 0.6) is 5.75 Å². The molecule has 0 heterocycles. The molecule has 1 aromatic carbocycles. The van der Waals surface area contributed by atoms with Gasteiger partial charge in [-0.1, -0.05) is 25.4 Å². The van der Waals surface area contributed by atoms with E-state index in [0.29, 0.717) is 16.7 Å². The predicted octanol–water partition coefficient (Wildman–Crippen LogP) is 3.57. The van der Waals surface area contributed by atoms with E-state index in [-0.39, 0.29) is 12.5 Å². The zero-order chi connectivity index (χ0) is 15.1. The number of aryl methyl sites for hydroxylation is 1. The van der Waals surface area contributed by atoms with Crippen LogP contribution in [-0.2, 0) is 4.79 Å². The van der Waals surface area contributed by atoms with Crippen LogP contribution in [0.3, 0.4) is 0 Å². The predicted molar refractivity (Wildman–Crippen MR) is 82.4 cm³/mol. The molecular weight excluding hydrogens is 276 g/mol. The first-order chi connectivity index (χ1) is 9.43. The number of nitrogens with one attached hydrogen (secondary N) is 1. The molecule has 0 aromatic heterocycles. The molecule has 1 amide bonds. The van der Waals surface area contributed by atoms with Crippen molar-refractivity contribution in [2.75, 3.05) is 6.61 Å². The molecule has 0 saturated heterocycles. The maximum Gasteiger partial charge on any atom is 0.277 e. The van der Waals surface area contributed by atoms with Crippen LogP contribution in [0, 0.1) is 12.8 Å². The standard InChI is InChI=1S/C15H21ClN2O2/c1-5-10(2)12(4)17-18-15(19)9-20-13-6-7-14(16)11(3)8-13/h6-8,10H,5,9H2,1-4H3,(H,18,19)/b17-12-/t10-/m0/s1. The Morgan fingerprint density at radius 1 is 1.50 bits per heavy atom. The third-order valence-corrected chi connectivity index (χ3v) is 3.61. The molecule has 20 heavy (non-hydrogen) atoms. The molecule has 1 atom stereocenters. The molecule has 0 unspecified atom stereocenters. The second kappa shape index (κ2) is 7.90. The Balaban J connectivity index is 2.45. The van der Waals surface area contributed by atoms with E-state index in [1.165, 1.54) is 0 Å². The van der Waals surface area contributed by atoms with Crippen molar-refractivity contribution < 1.29 is 9.53 Å². The number of nitrogens with zero attached hydrogens (tertiary/aromatic N) is 1. The molecular formula is C15H21ClN2O2. The summed E-state index contributed by atoms with van der Waals surface area (Å²) in [5, 5.41) is 4.73. The third kappa shape index (κ3) is 5.21. The minimum Gasteiger partial charge on any atom is -0.484 e. The third-order valence-electron chi connectivity index (χ3n) is 3.18. The van der Waals surface area contributed by atoms with E-state index in [2.05, 4.69) is 24.4 Å². The summed E-state index contributed by atoms with van der Waals surface area (Å²) in [6.07, 6.45) is 0.992. The highest BCUT2D eigenvalue weighted by atomic mass is 35.5. The first-order valence-electron chi connectivity index (χ1n) is 6.66. The van der Waals surface area contributed by atoms with Crippen LogP contribution in [0.1, 0.15) is 32.8 Å². The fraction of sp³-hybridized carbons (Fsp3) is 0.467. The Hall–Kier alpha value is -1.55. The monoisotopic (exact) mass is 296 g/mol. The average molecular weight is 297 g/mol. The number of hydrazone groups is 1. The van der Waals surface area contributed by atoms with Crippen molar-refractivity contribution in [1.29, 1.82) is 0 Å². The molecule has 0 aliphatic heterocycles. The number of carbonyl (C=O) groups is 1. The van der Waals surface area contributed by atoms with Gasteiger partial charge in [0.2, 0.25) is 0 Å². The average Bonchev–Trinajstić information content (AvgIpc) is 2.45. The van der Waals surface area contributed by atoms with Crippen LogP contribution in [0.15, 0.2) is 23.3 Å². The van der Waals surface area contributed by atoms with Crippen LogP contribution in [-0.4, -0.2) is 18.2 Å². The van der Waals surface area contributed by atoms with Crippen LogP contribution in [0.2, 0.25) is 5.02 Å². The van der Waals surface area contributed by atoms with Gasteiger partial charge >= 0.3 is 0 Å². The first-order valence-corrected chi connectivity index (χ1v) is 7.03. The van der Waals surface area contributed by atoms with Gasteiger partial charge in [0, 0.05) is 10.7 Å². The van der Waals surface area contributed by atoms with Crippen LogP contribution in [0.4, 0.5) is 0 Å². The minimum absolute atomic E-state index is 0.0711. The zero-order valence-electron chi connectivity index (χ0n) is 12.4. The van der Waals surface area contributed by atoms with Crippen LogP contribution < -0.4 is 10.2 Å². The topological polar surface area (TPSA) is 50.7 Å². The van der Waals surface area contributed by atoms with Gasteiger partial charge in [-0.2, -0.15) is 5.10 Å². The van der Waals surface area contributed by atoms with Gasteiger partial charge in [-0.15, -0.1) is 0 Å². The number of carbonyl (C=O) groups excluding carboxylic acids is 1. The lowest BCUT2D eigenvalue weighted by Gasteiger charge is -2.09. The van der Waals surface area contributed by atoms with Crippen molar-refractivity contribution in [2.45, 2.75) is 34.1 Å². The Labute approximate surface area is 125 Å². The summed E-state index contributed by atoms with van der Waals surface area (Å²) in [5.74, 6) is 0.695. The van der Waals surface area contributed by atoms with Crippen molar-refractivity contribution in [3.63, 3.8) is 0 Å². The summed E-state index contributed by atoms with van der Waals surface area (Å²) >= 11 is 5.92. The van der Waals surface area contributed by atoms with Gasteiger partial charge in [-0.3, -0.25) is 4.79 Å². The number of amides is 1. The van der Waals surface area contributed by atoms with Crippen molar-refractivity contribution in [2.24, 2.45) is 11.0 Å². The number of halogens is 1. The molecule has 1 aromatic rings. The van der Waals surface area contributed by atoms with Crippen LogP contribution >= 0.6 is 11.6 Å². The van der Waals surface area contributed by atoms with Gasteiger partial charge in [0.05, 0.1) is 0 Å². The molecule has 0 aliphatic rings. The maximum absolute atomic E-state index is 11.6. The lowest BCUT2D eigenvalue weighted by molar-refractivity contribution is -0.123. The van der Waals surface area contributed by atoms with Gasteiger partial charge in [0.25, 0.3) is 5.91 Å². The highest BCUT2D eigenvalue weighted by Gasteiger charge is 2.06. The highest BCUT2D eigenvalue weighted by Crippen LogP contribution is 2.20. The van der Waals surface area contributed by atoms with Gasteiger partial charge in [0.1, 0.15) is 5.75 Å². The lowest BCUT2D eigenvalue weighted by atomic mass is 10.1. The van der Waals surface area contributed by atoms with E-state index in [4.69, 9.17) is 16.3 Å². The second-order valence-corrected chi connectivity index (χ2v) is 5.20. The summed E-state index contributed by atoms with van der Waals surface area (Å²) in [6.45, 7) is 7.86. The molecule has 0 spiro atoms. The Morgan fingerprint density at radius 2 is 2.20 bits per heavy atom. The van der Waals surface area contributed by atoms with E-state index in [1.54, 1.807) is 18.2 Å². The summed E-state index contributed by atoms with van der Waals surface area (Å²) in [7, 11) is 0. The zero-order valence-corrected chi connectivity index (χ0v) is 13.1. The molecule has 0 aliphatic carbocycles. The maximum atomic E-state index is 11.6. The Morgan fingerprint density at radius 3 is 2.80 bits per heavy atom. The van der Waals surface area contributed by atoms with Crippen molar-refractivity contribution in [3.8, 4) is 5.75 Å². The van der Waals surface area contributed by atoms with Crippen molar-refractivity contribution in [1.82, 2.24) is 5.43 Å². The summed E-state index contributed by atoms with van der Waals surface area (Å²) in [6, 6.07) is 5.27. The number of hydrogen-bond donors (Lipinski definition) is 1. The molecule has 0 radical (unpaired) electrons. The van der Waals surface area contributed by atoms with E-state index in [9.17, 15) is 4.79 Å². The molecule has 110 valence electrons. The van der Waals surface area contributed by atoms with E-state index >= 15 is 0 Å². The summed E-state index contributed by atoms with van der Waals surface area (Å²) in [5.41, 5.74) is 4.31. The number of ether oxygens (including phenoxy) is 1. The Kier molecular flexibility index (Phi) is 6.52. The second-order valence-electron chi connectivity index (χ2n) is 4.80. The fourth-order valence-corrected chi connectivity index (χ4v) is 1.56. The van der Waals surface area contributed by atoms with E-state index in [0.717, 1.165) is 17.7 Å². The number of benzene rings is 1. The van der Waals surface area contributed by atoms with Crippen molar-refractivity contribution >= 4 is 23.2 Å². The lowest BCUT2D eigenvalue weighted by Crippen LogP contribution is -2.26. The molecule has 0 saturated carbocycles. The largest absolute Gasteiger partial charge is 0.484 e. The SMILES string of the molecule is CC[C@H](C)/C(C)=N\NC(=O)COc1ccc(Cl)c(C)c1. The van der Waals surface area contributed by atoms with Gasteiger partial charge in [0.15, 0.2) is 6.61 Å². The van der Waals surface area contributed by atoms with Gasteiger partial charge in [-0.25, -0.2) is 5.43 Å². The van der Waals surface area contributed by atoms with Gasteiger partial charge < -0.3 is 4.74 Å². The molecule has 0 bridgehead atoms. The number of hydrogen-bond acceptors (Lipinski definition) is 3. The molecule has 1 rings (SSSR count). The number of rotatable bonds is 6. The normalized spacial score (nSPS) is 12.9. The first kappa shape index (κ1) is 16.5. The van der Waals surface area contributed by atoms with Gasteiger partial charge in [-0.05, 0) is 49.9 Å². The molecule has 4 nitrogen and oxygen atoms in total. The summed E-state index contributed by atoms with van der Waals surface area (Å²) < 4.78 is 5.38. The van der Waals surface area contributed by atoms with Crippen molar-refractivity contribution in [3.05, 3.63) is 28.8 Å². The molecule has 1 N–H and O–H groups in total. The highest BCUT2D eigenvalue weighted by molar-refractivity contribution is 6.31. The quantitative estimate of drug-likeness (QED) is 0.644. The summed E-state index contributed by atoms with van der Waals surface area (Å²) in [4.78, 5) is 11.6. The molecule has 5 heteroatoms. The Bertz CT molecular complexity index is 501. The molecule has 0 fully saturated rings. The smallest absolute Gasteiger partial charge is 0.277 e. The fourth-order valence-electron chi connectivity index (χ4n) is 1.44. The van der Waals surface area contributed by atoms with E-state index < -0.39 is 0 Å². The van der Waals surface area contributed by atoms with E-state index in [1.807, 2.05) is 13.8 Å².